The van der Waals surface area contributed by atoms with Gasteiger partial charge in [0.2, 0.25) is 5.55 Å². The molecule has 1 heterocycles. The highest BCUT2D eigenvalue weighted by Crippen LogP contribution is 2.41. The molecule has 1 unspecified atom stereocenters. The van der Waals surface area contributed by atoms with Gasteiger partial charge in [-0.3, -0.25) is 5.41 Å². The summed E-state index contributed by atoms with van der Waals surface area (Å²) in [5.74, 6) is 1.07. The first-order valence-electron chi connectivity index (χ1n) is 8.32. The topological polar surface area (TPSA) is 82.5 Å². The minimum Gasteiger partial charge on any atom is -0.493 e. The largest absolute Gasteiger partial charge is 0.493 e. The standard InChI is InChI=1S/C20H20BrN3O3/c1-24(2)12-5-6-13-16(9-12)27-20(23)14(10-22)18(13)11-7-15(21)19(26-4)17(8-11)25-3/h5-6,8-9,11,23H,7H2,1-4H3. The molecule has 140 valence electrons. The molecule has 1 aromatic carbocycles. The molecule has 7 heteroatoms. The van der Waals surface area contributed by atoms with Crippen molar-refractivity contribution in [2.24, 2.45) is 0 Å². The molecule has 0 saturated carbocycles. The van der Waals surface area contributed by atoms with E-state index in [0.29, 0.717) is 23.5 Å². The van der Waals surface area contributed by atoms with E-state index in [1.54, 1.807) is 14.2 Å². The number of fused-ring (bicyclic) bond motifs is 1. The molecule has 1 aliphatic rings. The lowest BCUT2D eigenvalue weighted by molar-refractivity contribution is 0.213. The summed E-state index contributed by atoms with van der Waals surface area (Å²) < 4.78 is 17.4. The quantitative estimate of drug-likeness (QED) is 0.789. The van der Waals surface area contributed by atoms with Crippen molar-refractivity contribution in [3.8, 4) is 6.07 Å². The van der Waals surface area contributed by atoms with Crippen molar-refractivity contribution in [2.45, 2.75) is 12.3 Å². The lowest BCUT2D eigenvalue weighted by Gasteiger charge is -2.24. The van der Waals surface area contributed by atoms with Crippen LogP contribution in [0.5, 0.6) is 0 Å². The van der Waals surface area contributed by atoms with Gasteiger partial charge in [-0.2, -0.15) is 5.26 Å². The molecule has 2 aromatic rings. The zero-order valence-corrected chi connectivity index (χ0v) is 17.2. The first-order valence-corrected chi connectivity index (χ1v) is 9.12. The number of nitrogens with one attached hydrogen (secondary N) is 1. The molecule has 0 spiro atoms. The highest BCUT2D eigenvalue weighted by molar-refractivity contribution is 9.11. The molecule has 0 saturated heterocycles. The number of nitrogens with zero attached hydrogens (tertiary/aromatic N) is 2. The number of ether oxygens (including phenoxy) is 2. The molecule has 0 aliphatic heterocycles. The van der Waals surface area contributed by atoms with Gasteiger partial charge in [0.15, 0.2) is 11.5 Å². The first kappa shape index (κ1) is 19.1. The Morgan fingerprint density at radius 2 is 2.04 bits per heavy atom. The fourth-order valence-corrected chi connectivity index (χ4v) is 4.01. The number of nitriles is 1. The zero-order chi connectivity index (χ0) is 19.7. The highest BCUT2D eigenvalue weighted by Gasteiger charge is 2.28. The second-order valence-electron chi connectivity index (χ2n) is 6.39. The fraction of sp³-hybridized carbons (Fsp3) is 0.300. The van der Waals surface area contributed by atoms with Crippen LogP contribution in [0.4, 0.5) is 5.69 Å². The average molecular weight is 430 g/mol. The monoisotopic (exact) mass is 429 g/mol. The summed E-state index contributed by atoms with van der Waals surface area (Å²) in [5.41, 5.74) is 2.39. The molecule has 27 heavy (non-hydrogen) atoms. The number of methoxy groups -OCH3 is 2. The van der Waals surface area contributed by atoms with Gasteiger partial charge < -0.3 is 18.8 Å². The van der Waals surface area contributed by atoms with Crippen molar-refractivity contribution >= 4 is 32.6 Å². The summed E-state index contributed by atoms with van der Waals surface area (Å²) in [7, 11) is 7.05. The predicted octanol–water partition coefficient (Wildman–Crippen LogP) is 4.12. The van der Waals surface area contributed by atoms with Crippen LogP contribution >= 0.6 is 15.9 Å². The summed E-state index contributed by atoms with van der Waals surface area (Å²) in [6, 6.07) is 7.93. The summed E-state index contributed by atoms with van der Waals surface area (Å²) in [4.78, 5) is 1.96. The maximum Gasteiger partial charge on any atom is 0.230 e. The lowest BCUT2D eigenvalue weighted by atomic mass is 9.86. The van der Waals surface area contributed by atoms with E-state index < -0.39 is 0 Å². The second kappa shape index (κ2) is 7.49. The molecule has 0 radical (unpaired) electrons. The summed E-state index contributed by atoms with van der Waals surface area (Å²) in [6.45, 7) is 0. The maximum absolute atomic E-state index is 9.68. The molecule has 0 fully saturated rings. The molecule has 0 bridgehead atoms. The van der Waals surface area contributed by atoms with Crippen molar-refractivity contribution in [3.05, 3.63) is 57.0 Å². The van der Waals surface area contributed by atoms with Crippen molar-refractivity contribution in [1.29, 1.82) is 10.7 Å². The Balaban J connectivity index is 2.28. The van der Waals surface area contributed by atoms with E-state index in [9.17, 15) is 5.26 Å². The van der Waals surface area contributed by atoms with E-state index >= 15 is 0 Å². The number of hydrogen-bond acceptors (Lipinski definition) is 6. The van der Waals surface area contributed by atoms with Gasteiger partial charge >= 0.3 is 0 Å². The van der Waals surface area contributed by atoms with Crippen LogP contribution in [-0.4, -0.2) is 28.3 Å². The Morgan fingerprint density at radius 1 is 1.30 bits per heavy atom. The summed E-state index contributed by atoms with van der Waals surface area (Å²) in [6.07, 6.45) is 2.53. The van der Waals surface area contributed by atoms with Gasteiger partial charge in [-0.05, 0) is 30.2 Å². The molecule has 0 amide bonds. The van der Waals surface area contributed by atoms with Gasteiger partial charge in [-0.25, -0.2) is 0 Å². The number of anilines is 1. The Labute approximate surface area is 165 Å². The van der Waals surface area contributed by atoms with E-state index in [0.717, 1.165) is 21.1 Å². The molecule has 1 aromatic heterocycles. The number of halogens is 1. The van der Waals surface area contributed by atoms with Crippen LogP contribution < -0.4 is 10.5 Å². The third-order valence-corrected chi connectivity index (χ3v) is 5.29. The Hall–Kier alpha value is -2.72. The number of rotatable bonds is 4. The summed E-state index contributed by atoms with van der Waals surface area (Å²) in [5, 5.41) is 18.7. The van der Waals surface area contributed by atoms with Crippen LogP contribution in [-0.2, 0) is 9.47 Å². The molecule has 6 nitrogen and oxygen atoms in total. The fourth-order valence-electron chi connectivity index (χ4n) is 3.30. The predicted molar refractivity (Wildman–Crippen MR) is 107 cm³/mol. The molecule has 3 rings (SSSR count). The molecular weight excluding hydrogens is 410 g/mol. The zero-order valence-electron chi connectivity index (χ0n) is 15.6. The van der Waals surface area contributed by atoms with E-state index in [1.807, 2.05) is 43.3 Å². The minimum atomic E-state index is -0.156. The smallest absolute Gasteiger partial charge is 0.230 e. The van der Waals surface area contributed by atoms with E-state index in [-0.39, 0.29) is 17.0 Å². The van der Waals surface area contributed by atoms with Crippen LogP contribution in [0, 0.1) is 16.7 Å². The first-order chi connectivity index (χ1) is 12.9. The average Bonchev–Trinajstić information content (AvgIpc) is 2.65. The number of hydrogen-bond donors (Lipinski definition) is 1. The van der Waals surface area contributed by atoms with E-state index in [4.69, 9.17) is 19.3 Å². The number of allylic oxidation sites excluding steroid dienone is 2. The van der Waals surface area contributed by atoms with Crippen LogP contribution in [0.25, 0.3) is 11.0 Å². The third-order valence-electron chi connectivity index (χ3n) is 4.61. The van der Waals surface area contributed by atoms with E-state index in [1.165, 1.54) is 0 Å². The Morgan fingerprint density at radius 3 is 2.63 bits per heavy atom. The lowest BCUT2D eigenvalue weighted by Crippen LogP contribution is -2.16. The van der Waals surface area contributed by atoms with Gasteiger partial charge in [-0.15, -0.1) is 0 Å². The SMILES string of the molecule is COC1=CC(c2c(C#N)c(=N)oc3cc(N(C)C)ccc23)CC(Br)=C1OC. The maximum atomic E-state index is 9.68. The van der Waals surface area contributed by atoms with Crippen molar-refractivity contribution < 1.29 is 13.9 Å². The molecule has 1 aliphatic carbocycles. The second-order valence-corrected chi connectivity index (χ2v) is 7.35. The van der Waals surface area contributed by atoms with Crippen molar-refractivity contribution in [3.63, 3.8) is 0 Å². The van der Waals surface area contributed by atoms with Crippen molar-refractivity contribution in [1.82, 2.24) is 0 Å². The van der Waals surface area contributed by atoms with Crippen molar-refractivity contribution in [2.75, 3.05) is 33.2 Å². The van der Waals surface area contributed by atoms with Gasteiger partial charge in [0.1, 0.15) is 17.2 Å². The molecule has 1 atom stereocenters. The Bertz CT molecular complexity index is 1060. The van der Waals surface area contributed by atoms with E-state index in [2.05, 4.69) is 22.0 Å². The van der Waals surface area contributed by atoms with Crippen LogP contribution in [0.1, 0.15) is 23.5 Å². The number of benzene rings is 1. The highest BCUT2D eigenvalue weighted by atomic mass is 79.9. The van der Waals surface area contributed by atoms with Crippen LogP contribution in [0.15, 0.2) is 44.7 Å². The van der Waals surface area contributed by atoms with Gasteiger partial charge in [0.25, 0.3) is 0 Å². The van der Waals surface area contributed by atoms with Gasteiger partial charge in [-0.1, -0.05) is 15.9 Å². The molecular formula is C20H20BrN3O3. The minimum absolute atomic E-state index is 0.138. The normalized spacial score (nSPS) is 16.7. The van der Waals surface area contributed by atoms with Gasteiger partial charge in [0, 0.05) is 41.6 Å². The van der Waals surface area contributed by atoms with Crippen LogP contribution in [0.3, 0.4) is 0 Å². The Kier molecular flexibility index (Phi) is 5.29. The third kappa shape index (κ3) is 3.33. The molecule has 1 N–H and O–H groups in total. The van der Waals surface area contributed by atoms with Crippen LogP contribution in [0.2, 0.25) is 0 Å². The van der Waals surface area contributed by atoms with Gasteiger partial charge in [0.05, 0.1) is 14.2 Å². The summed E-state index contributed by atoms with van der Waals surface area (Å²) >= 11 is 3.57.